The monoisotopic (exact) mass is 399 g/mol. The van der Waals surface area contributed by atoms with Crippen LogP contribution in [0.25, 0.3) is 11.5 Å². The molecule has 3 aromatic carbocycles. The average Bonchev–Trinajstić information content (AvgIpc) is 3.24. The van der Waals surface area contributed by atoms with Gasteiger partial charge in [0.2, 0.25) is 0 Å². The maximum Gasteiger partial charge on any atom is 0.257 e. The molecule has 4 rings (SSSR count). The van der Waals surface area contributed by atoms with Crippen LogP contribution in [-0.4, -0.2) is 23.2 Å². The van der Waals surface area contributed by atoms with Crippen LogP contribution in [0.5, 0.6) is 5.75 Å². The number of aryl methyl sites for hydroxylation is 1. The minimum Gasteiger partial charge on any atom is -0.497 e. The third-order valence-electron chi connectivity index (χ3n) is 4.78. The summed E-state index contributed by atoms with van der Waals surface area (Å²) in [6.45, 7) is 1.76. The van der Waals surface area contributed by atoms with E-state index in [0.29, 0.717) is 17.3 Å². The van der Waals surface area contributed by atoms with E-state index in [4.69, 9.17) is 9.26 Å². The number of ether oxygens (including phenoxy) is 1. The second-order valence-corrected chi connectivity index (χ2v) is 6.81. The molecular weight excluding hydrogens is 378 g/mol. The largest absolute Gasteiger partial charge is 0.497 e. The fourth-order valence-corrected chi connectivity index (χ4v) is 3.19. The first kappa shape index (κ1) is 19.4. The lowest BCUT2D eigenvalue weighted by molar-refractivity contribution is 0.0943. The van der Waals surface area contributed by atoms with E-state index in [1.165, 1.54) is 0 Å². The normalized spacial score (nSPS) is 11.7. The van der Waals surface area contributed by atoms with Gasteiger partial charge in [0.1, 0.15) is 5.75 Å². The molecule has 4 aromatic rings. The SMILES string of the molecule is COc1ccc(C(NC(=O)c2ccc(-c3nc(C)no3)cc2)c2ccccc2)cc1. The molecule has 0 radical (unpaired) electrons. The van der Waals surface area contributed by atoms with Crippen LogP contribution in [-0.2, 0) is 0 Å². The number of benzene rings is 3. The number of aromatic nitrogens is 2. The number of amides is 1. The Hall–Kier alpha value is -3.93. The van der Waals surface area contributed by atoms with Gasteiger partial charge in [0.15, 0.2) is 5.82 Å². The Kier molecular flexibility index (Phi) is 5.57. The van der Waals surface area contributed by atoms with Gasteiger partial charge in [-0.25, -0.2) is 0 Å². The van der Waals surface area contributed by atoms with E-state index in [1.807, 2.05) is 54.6 Å². The molecule has 150 valence electrons. The summed E-state index contributed by atoms with van der Waals surface area (Å²) in [4.78, 5) is 17.2. The van der Waals surface area contributed by atoms with Crippen molar-refractivity contribution >= 4 is 5.91 Å². The Labute approximate surface area is 174 Å². The molecule has 1 amide bonds. The highest BCUT2D eigenvalue weighted by Crippen LogP contribution is 2.25. The van der Waals surface area contributed by atoms with Crippen LogP contribution in [0.1, 0.15) is 33.4 Å². The lowest BCUT2D eigenvalue weighted by Crippen LogP contribution is -2.29. The molecule has 1 aromatic heterocycles. The minimum atomic E-state index is -0.289. The van der Waals surface area contributed by atoms with Crippen molar-refractivity contribution in [3.63, 3.8) is 0 Å². The van der Waals surface area contributed by atoms with Crippen molar-refractivity contribution in [2.24, 2.45) is 0 Å². The van der Waals surface area contributed by atoms with Gasteiger partial charge in [-0.05, 0) is 54.4 Å². The van der Waals surface area contributed by atoms with E-state index < -0.39 is 0 Å². The molecule has 0 spiro atoms. The van der Waals surface area contributed by atoms with Gasteiger partial charge < -0.3 is 14.6 Å². The van der Waals surface area contributed by atoms with Crippen LogP contribution in [0, 0.1) is 6.92 Å². The molecule has 0 bridgehead atoms. The molecule has 0 aliphatic rings. The first-order valence-corrected chi connectivity index (χ1v) is 9.54. The van der Waals surface area contributed by atoms with Gasteiger partial charge in [-0.3, -0.25) is 4.79 Å². The third-order valence-corrected chi connectivity index (χ3v) is 4.78. The molecule has 30 heavy (non-hydrogen) atoms. The zero-order valence-electron chi connectivity index (χ0n) is 16.7. The highest BCUT2D eigenvalue weighted by atomic mass is 16.5. The fourth-order valence-electron chi connectivity index (χ4n) is 3.19. The smallest absolute Gasteiger partial charge is 0.257 e. The topological polar surface area (TPSA) is 77.2 Å². The van der Waals surface area contributed by atoms with E-state index >= 15 is 0 Å². The number of methoxy groups -OCH3 is 1. The summed E-state index contributed by atoms with van der Waals surface area (Å²) in [5.74, 6) is 1.59. The van der Waals surface area contributed by atoms with Gasteiger partial charge in [0.25, 0.3) is 11.8 Å². The Balaban J connectivity index is 1.58. The van der Waals surface area contributed by atoms with Gasteiger partial charge >= 0.3 is 0 Å². The number of nitrogens with one attached hydrogen (secondary N) is 1. The van der Waals surface area contributed by atoms with Crippen molar-refractivity contribution in [3.8, 4) is 17.2 Å². The molecule has 6 heteroatoms. The fraction of sp³-hybridized carbons (Fsp3) is 0.125. The zero-order chi connectivity index (χ0) is 20.9. The van der Waals surface area contributed by atoms with Crippen molar-refractivity contribution < 1.29 is 14.1 Å². The van der Waals surface area contributed by atoms with Gasteiger partial charge in [-0.1, -0.05) is 47.6 Å². The predicted octanol–water partition coefficient (Wildman–Crippen LogP) is 4.57. The molecule has 1 heterocycles. The lowest BCUT2D eigenvalue weighted by Gasteiger charge is -2.20. The summed E-state index contributed by atoms with van der Waals surface area (Å²) in [5.41, 5.74) is 3.27. The highest BCUT2D eigenvalue weighted by Gasteiger charge is 2.18. The van der Waals surface area contributed by atoms with E-state index in [0.717, 1.165) is 22.4 Å². The quantitative estimate of drug-likeness (QED) is 0.514. The van der Waals surface area contributed by atoms with Crippen LogP contribution in [0.4, 0.5) is 0 Å². The molecular formula is C24H21N3O3. The maximum absolute atomic E-state index is 13.0. The molecule has 0 aliphatic carbocycles. The second-order valence-electron chi connectivity index (χ2n) is 6.81. The van der Waals surface area contributed by atoms with Gasteiger partial charge in [0.05, 0.1) is 13.2 Å². The van der Waals surface area contributed by atoms with E-state index in [9.17, 15) is 4.79 Å². The standard InChI is InChI=1S/C24H21N3O3/c1-16-25-24(30-27-16)20-10-8-19(9-11-20)23(28)26-22(17-6-4-3-5-7-17)18-12-14-21(29-2)15-13-18/h3-15,22H,1-2H3,(H,26,28). The first-order valence-electron chi connectivity index (χ1n) is 9.54. The molecule has 1 atom stereocenters. The van der Waals surface area contributed by atoms with Gasteiger partial charge in [-0.2, -0.15) is 4.98 Å². The summed E-state index contributed by atoms with van der Waals surface area (Å²) < 4.78 is 10.4. The highest BCUT2D eigenvalue weighted by molar-refractivity contribution is 5.95. The first-order chi connectivity index (χ1) is 14.6. The Bertz CT molecular complexity index is 1120. The predicted molar refractivity (Wildman–Crippen MR) is 113 cm³/mol. The lowest BCUT2D eigenvalue weighted by atomic mass is 9.98. The van der Waals surface area contributed by atoms with Gasteiger partial charge in [0, 0.05) is 11.1 Å². The molecule has 6 nitrogen and oxygen atoms in total. The van der Waals surface area contributed by atoms with E-state index in [-0.39, 0.29) is 11.9 Å². The summed E-state index contributed by atoms with van der Waals surface area (Å²) in [5, 5.41) is 6.93. The molecule has 1 unspecified atom stereocenters. The Morgan fingerprint density at radius 1 is 0.933 bits per heavy atom. The van der Waals surface area contributed by atoms with Crippen LogP contribution in [0.2, 0.25) is 0 Å². The second kappa shape index (κ2) is 8.61. The zero-order valence-corrected chi connectivity index (χ0v) is 16.7. The molecule has 0 aliphatic heterocycles. The minimum absolute atomic E-state index is 0.173. The molecule has 0 saturated heterocycles. The number of hydrogen-bond acceptors (Lipinski definition) is 5. The Morgan fingerprint density at radius 3 is 2.20 bits per heavy atom. The molecule has 1 N–H and O–H groups in total. The number of carbonyl (C=O) groups is 1. The summed E-state index contributed by atoms with van der Waals surface area (Å²) in [7, 11) is 1.63. The number of carbonyl (C=O) groups excluding carboxylic acids is 1. The third kappa shape index (κ3) is 4.22. The summed E-state index contributed by atoms with van der Waals surface area (Å²) in [6, 6.07) is 24.4. The maximum atomic E-state index is 13.0. The average molecular weight is 399 g/mol. The summed E-state index contributed by atoms with van der Waals surface area (Å²) >= 11 is 0. The van der Waals surface area contributed by atoms with Crippen molar-refractivity contribution in [2.75, 3.05) is 7.11 Å². The number of hydrogen-bond donors (Lipinski definition) is 1. The van der Waals surface area contributed by atoms with Crippen LogP contribution in [0.3, 0.4) is 0 Å². The molecule has 0 saturated carbocycles. The van der Waals surface area contributed by atoms with Crippen molar-refractivity contribution in [3.05, 3.63) is 101 Å². The van der Waals surface area contributed by atoms with Crippen molar-refractivity contribution in [1.82, 2.24) is 15.5 Å². The van der Waals surface area contributed by atoms with Crippen molar-refractivity contribution in [2.45, 2.75) is 13.0 Å². The van der Waals surface area contributed by atoms with E-state index in [2.05, 4.69) is 15.5 Å². The van der Waals surface area contributed by atoms with Crippen LogP contribution in [0.15, 0.2) is 83.4 Å². The summed E-state index contributed by atoms with van der Waals surface area (Å²) in [6.07, 6.45) is 0. The Morgan fingerprint density at radius 2 is 1.60 bits per heavy atom. The van der Waals surface area contributed by atoms with Gasteiger partial charge in [-0.15, -0.1) is 0 Å². The van der Waals surface area contributed by atoms with Crippen LogP contribution >= 0.6 is 0 Å². The number of rotatable bonds is 6. The van der Waals surface area contributed by atoms with Crippen molar-refractivity contribution in [1.29, 1.82) is 0 Å². The van der Waals surface area contributed by atoms with E-state index in [1.54, 1.807) is 38.3 Å². The molecule has 0 fully saturated rings. The van der Waals surface area contributed by atoms with Crippen LogP contribution < -0.4 is 10.1 Å². The number of nitrogens with zero attached hydrogens (tertiary/aromatic N) is 2.